The fourth-order valence-corrected chi connectivity index (χ4v) is 0. The van der Waals surface area contributed by atoms with Gasteiger partial charge in [-0.15, -0.1) is 0 Å². The van der Waals surface area contributed by atoms with E-state index in [2.05, 4.69) is 28.2 Å². The van der Waals surface area contributed by atoms with Crippen LogP contribution in [0.2, 0.25) is 0 Å². The van der Waals surface area contributed by atoms with Crippen LogP contribution in [0, 0.1) is 0 Å². The van der Waals surface area contributed by atoms with Crippen LogP contribution in [0.15, 0.2) is 0 Å². The van der Waals surface area contributed by atoms with E-state index in [9.17, 15) is 4.79 Å². The highest BCUT2D eigenvalue weighted by Crippen LogP contribution is 1.74. The number of carboxylic acids is 1. The summed E-state index contributed by atoms with van der Waals surface area (Å²) in [6.45, 7) is 1.20. The number of carbonyl (C=O) groups is 1. The van der Waals surface area contributed by atoms with E-state index in [-0.39, 0.29) is 12.4 Å². The van der Waals surface area contributed by atoms with Gasteiger partial charge in [-0.2, -0.15) is 0 Å². The molecule has 4 nitrogen and oxygen atoms in total. The van der Waals surface area contributed by atoms with Crippen molar-refractivity contribution in [3.8, 4) is 0 Å². The Bertz CT molecular complexity index is 114. The van der Waals surface area contributed by atoms with Crippen LogP contribution in [0.1, 0.15) is 6.92 Å². The van der Waals surface area contributed by atoms with Gasteiger partial charge < -0.3 is 27.1 Å². The molecule has 0 heterocycles. The Balaban J connectivity index is -0.000000126. The lowest BCUT2D eigenvalue weighted by atomic mass is 10.4. The standard InChI is InChI=1S/C4H12N.C3H6O3.ClH/c1-5(2,3)4;1-2(4)3(5)6;/h1-4H3;2,4H,1H3,(H,5,6);1H/q+1;;/p-1. The molecule has 0 aromatic carbocycles. The molecule has 2 N–H and O–H groups in total. The van der Waals surface area contributed by atoms with E-state index in [1.165, 1.54) is 6.92 Å². The molecule has 0 saturated carbocycles. The lowest BCUT2D eigenvalue weighted by molar-refractivity contribution is -0.849. The van der Waals surface area contributed by atoms with Gasteiger partial charge in [0.25, 0.3) is 0 Å². The molecule has 0 fully saturated rings. The fraction of sp³-hybridized carbons (Fsp3) is 0.857. The first-order valence-corrected chi connectivity index (χ1v) is 3.34. The maximum Gasteiger partial charge on any atom is 0.332 e. The van der Waals surface area contributed by atoms with Crippen molar-refractivity contribution in [2.75, 3.05) is 28.2 Å². The largest absolute Gasteiger partial charge is 1.00 e. The number of halogens is 1. The van der Waals surface area contributed by atoms with Gasteiger partial charge in [0, 0.05) is 0 Å². The second-order valence-electron chi connectivity index (χ2n) is 3.70. The van der Waals surface area contributed by atoms with Gasteiger partial charge in [-0.05, 0) is 6.92 Å². The van der Waals surface area contributed by atoms with Crippen LogP contribution in [-0.2, 0) is 4.79 Å². The summed E-state index contributed by atoms with van der Waals surface area (Å²) in [4.78, 5) is 9.45. The number of rotatable bonds is 1. The first-order valence-electron chi connectivity index (χ1n) is 3.34. The molecule has 0 bridgehead atoms. The Morgan fingerprint density at radius 2 is 1.33 bits per heavy atom. The molecular weight excluding hydrogens is 182 g/mol. The van der Waals surface area contributed by atoms with E-state index in [1.807, 2.05) is 0 Å². The van der Waals surface area contributed by atoms with Crippen LogP contribution in [0.4, 0.5) is 0 Å². The molecule has 0 aliphatic carbocycles. The van der Waals surface area contributed by atoms with Gasteiger partial charge in [0.1, 0.15) is 6.10 Å². The normalized spacial score (nSPS) is 11.8. The Kier molecular flexibility index (Phi) is 10.8. The zero-order valence-electron chi connectivity index (χ0n) is 8.21. The predicted octanol–water partition coefficient (Wildman–Crippen LogP) is -3.22. The second-order valence-corrected chi connectivity index (χ2v) is 3.70. The summed E-state index contributed by atoms with van der Waals surface area (Å²) in [7, 11) is 8.50. The van der Waals surface area contributed by atoms with Crippen molar-refractivity contribution in [1.29, 1.82) is 0 Å². The SMILES string of the molecule is CC(O)C(=O)O.C[N+](C)(C)C.[Cl-]. The van der Waals surface area contributed by atoms with Crippen molar-refractivity contribution in [2.24, 2.45) is 0 Å². The maximum absolute atomic E-state index is 9.45. The summed E-state index contributed by atoms with van der Waals surface area (Å²) < 4.78 is 1.00. The molecular formula is C7H18ClNO3. The number of nitrogens with zero attached hydrogens (tertiary/aromatic N) is 1. The zero-order valence-corrected chi connectivity index (χ0v) is 8.96. The van der Waals surface area contributed by atoms with E-state index in [0.717, 1.165) is 4.48 Å². The lowest BCUT2D eigenvalue weighted by Gasteiger charge is -2.14. The van der Waals surface area contributed by atoms with Crippen LogP contribution < -0.4 is 12.4 Å². The lowest BCUT2D eigenvalue weighted by Crippen LogP contribution is -3.00. The van der Waals surface area contributed by atoms with Crippen molar-refractivity contribution < 1.29 is 31.9 Å². The average molecular weight is 200 g/mol. The van der Waals surface area contributed by atoms with Crippen molar-refractivity contribution in [2.45, 2.75) is 13.0 Å². The molecule has 5 heteroatoms. The van der Waals surface area contributed by atoms with Gasteiger partial charge in [0.2, 0.25) is 0 Å². The monoisotopic (exact) mass is 199 g/mol. The van der Waals surface area contributed by atoms with Crippen LogP contribution in [-0.4, -0.2) is 55.0 Å². The summed E-state index contributed by atoms with van der Waals surface area (Å²) in [5.74, 6) is -1.19. The summed E-state index contributed by atoms with van der Waals surface area (Å²) in [6, 6.07) is 0. The van der Waals surface area contributed by atoms with Crippen LogP contribution in [0.3, 0.4) is 0 Å². The molecule has 0 aromatic rings. The van der Waals surface area contributed by atoms with Gasteiger partial charge in [0.15, 0.2) is 0 Å². The maximum atomic E-state index is 9.45. The molecule has 0 radical (unpaired) electrons. The van der Waals surface area contributed by atoms with Gasteiger partial charge in [-0.1, -0.05) is 0 Å². The molecule has 0 aliphatic heterocycles. The molecule has 0 amide bonds. The van der Waals surface area contributed by atoms with E-state index >= 15 is 0 Å². The molecule has 0 rings (SSSR count). The molecule has 1 unspecified atom stereocenters. The van der Waals surface area contributed by atoms with Gasteiger partial charge in [-0.25, -0.2) is 4.79 Å². The van der Waals surface area contributed by atoms with Crippen molar-refractivity contribution in [1.82, 2.24) is 0 Å². The van der Waals surface area contributed by atoms with Gasteiger partial charge in [0.05, 0.1) is 28.2 Å². The van der Waals surface area contributed by atoms with Crippen molar-refractivity contribution in [3.63, 3.8) is 0 Å². The summed E-state index contributed by atoms with van der Waals surface area (Å²) in [6.07, 6.45) is -1.23. The van der Waals surface area contributed by atoms with E-state index < -0.39 is 12.1 Å². The minimum Gasteiger partial charge on any atom is -1.00 e. The molecule has 0 aliphatic rings. The summed E-state index contributed by atoms with van der Waals surface area (Å²) in [5, 5.41) is 15.8. The highest BCUT2D eigenvalue weighted by atomic mass is 35.5. The second kappa shape index (κ2) is 7.34. The number of aliphatic carboxylic acids is 1. The predicted molar refractivity (Wildman–Crippen MR) is 43.3 cm³/mol. The number of aliphatic hydroxyl groups is 1. The zero-order chi connectivity index (χ0) is 9.65. The molecule has 76 valence electrons. The molecule has 0 saturated heterocycles. The number of aliphatic hydroxyl groups excluding tert-OH is 1. The minimum atomic E-state index is -1.23. The molecule has 12 heavy (non-hydrogen) atoms. The Labute approximate surface area is 79.8 Å². The fourth-order valence-electron chi connectivity index (χ4n) is 0. The Morgan fingerprint density at radius 1 is 1.25 bits per heavy atom. The molecule has 1 atom stereocenters. The average Bonchev–Trinajstić information content (AvgIpc) is 1.59. The quantitative estimate of drug-likeness (QED) is 0.437. The number of hydrogen-bond acceptors (Lipinski definition) is 2. The number of hydrogen-bond donors (Lipinski definition) is 2. The third-order valence-electron chi connectivity index (χ3n) is 0.357. The van der Waals surface area contributed by atoms with E-state index in [0.29, 0.717) is 0 Å². The van der Waals surface area contributed by atoms with Crippen molar-refractivity contribution in [3.05, 3.63) is 0 Å². The third-order valence-corrected chi connectivity index (χ3v) is 0.357. The van der Waals surface area contributed by atoms with Crippen molar-refractivity contribution >= 4 is 5.97 Å². The van der Waals surface area contributed by atoms with E-state index in [1.54, 1.807) is 0 Å². The molecule has 0 spiro atoms. The number of quaternary nitrogens is 1. The molecule has 0 aromatic heterocycles. The minimum absolute atomic E-state index is 0. The first-order chi connectivity index (χ1) is 4.64. The summed E-state index contributed by atoms with van der Waals surface area (Å²) in [5.41, 5.74) is 0. The highest BCUT2D eigenvalue weighted by Gasteiger charge is 2.01. The first kappa shape index (κ1) is 17.7. The smallest absolute Gasteiger partial charge is 0.332 e. The van der Waals surface area contributed by atoms with Crippen LogP contribution >= 0.6 is 0 Å². The third kappa shape index (κ3) is 53.9. The topological polar surface area (TPSA) is 57.5 Å². The summed E-state index contributed by atoms with van der Waals surface area (Å²) >= 11 is 0. The van der Waals surface area contributed by atoms with Gasteiger partial charge >= 0.3 is 5.97 Å². The number of carboxylic acid groups (broad SMARTS) is 1. The Hall–Kier alpha value is -0.320. The Morgan fingerprint density at radius 3 is 1.33 bits per heavy atom. The van der Waals surface area contributed by atoms with Gasteiger partial charge in [-0.3, -0.25) is 0 Å². The van der Waals surface area contributed by atoms with E-state index in [4.69, 9.17) is 10.2 Å². The highest BCUT2D eigenvalue weighted by molar-refractivity contribution is 5.71. The van der Waals surface area contributed by atoms with Crippen LogP contribution in [0.25, 0.3) is 0 Å². The van der Waals surface area contributed by atoms with Crippen LogP contribution in [0.5, 0.6) is 0 Å².